The zero-order valence-electron chi connectivity index (χ0n) is 19.8. The molecule has 8 nitrogen and oxygen atoms in total. The molecule has 1 atom stereocenters. The summed E-state index contributed by atoms with van der Waals surface area (Å²) < 4.78 is 16.5. The molecule has 33 heavy (non-hydrogen) atoms. The predicted octanol–water partition coefficient (Wildman–Crippen LogP) is 4.99. The van der Waals surface area contributed by atoms with Gasteiger partial charge in [-0.15, -0.1) is 11.3 Å². The third-order valence-corrected chi connectivity index (χ3v) is 5.70. The molecular formula is C24H28N2O6S. The van der Waals surface area contributed by atoms with E-state index in [2.05, 4.69) is 10.3 Å². The fourth-order valence-electron chi connectivity index (χ4n) is 3.21. The van der Waals surface area contributed by atoms with Crippen molar-refractivity contribution in [2.45, 2.75) is 60.1 Å². The number of alkyl carbamates (subject to hydrolysis) is 1. The summed E-state index contributed by atoms with van der Waals surface area (Å²) in [5, 5.41) is 5.42. The van der Waals surface area contributed by atoms with Crippen LogP contribution in [0.25, 0.3) is 21.5 Å². The topological polar surface area (TPSA) is 108 Å². The van der Waals surface area contributed by atoms with Crippen LogP contribution in [0, 0.1) is 19.8 Å². The van der Waals surface area contributed by atoms with E-state index in [0.717, 1.165) is 5.69 Å². The number of benzene rings is 1. The number of ether oxygens (including phenoxy) is 2. The number of nitrogens with zero attached hydrogens (tertiary/aromatic N) is 1. The van der Waals surface area contributed by atoms with Gasteiger partial charge in [-0.25, -0.2) is 14.6 Å². The highest BCUT2D eigenvalue weighted by Crippen LogP contribution is 2.28. The van der Waals surface area contributed by atoms with Crippen LogP contribution in [0.1, 0.15) is 45.9 Å². The molecule has 0 aliphatic heterocycles. The van der Waals surface area contributed by atoms with Crippen molar-refractivity contribution < 1.29 is 23.5 Å². The first-order valence-electron chi connectivity index (χ1n) is 10.6. The van der Waals surface area contributed by atoms with Crippen LogP contribution in [0.5, 0.6) is 5.75 Å². The summed E-state index contributed by atoms with van der Waals surface area (Å²) in [5.41, 5.74) is 1.20. The number of thiazole rings is 1. The Labute approximate surface area is 195 Å². The van der Waals surface area contributed by atoms with E-state index in [-0.39, 0.29) is 17.1 Å². The lowest BCUT2D eigenvalue weighted by Crippen LogP contribution is -2.48. The van der Waals surface area contributed by atoms with E-state index in [1.165, 1.54) is 23.7 Å². The maximum Gasteiger partial charge on any atom is 0.408 e. The summed E-state index contributed by atoms with van der Waals surface area (Å²) in [5.74, 6) is -0.678. The monoisotopic (exact) mass is 472 g/mol. The quantitative estimate of drug-likeness (QED) is 0.412. The summed E-state index contributed by atoms with van der Waals surface area (Å²) in [6, 6.07) is 2.17. The van der Waals surface area contributed by atoms with Gasteiger partial charge in [0.25, 0.3) is 0 Å². The Kier molecular flexibility index (Phi) is 6.92. The molecule has 9 heteroatoms. The Balaban J connectivity index is 1.87. The van der Waals surface area contributed by atoms with Gasteiger partial charge in [-0.1, -0.05) is 13.8 Å². The molecule has 0 spiro atoms. The summed E-state index contributed by atoms with van der Waals surface area (Å²) in [6.45, 7) is 12.4. The molecule has 0 saturated heterocycles. The fraction of sp³-hybridized carbons (Fsp3) is 0.417. The molecule has 1 N–H and O–H groups in total. The van der Waals surface area contributed by atoms with Crippen LogP contribution in [0.3, 0.4) is 0 Å². The molecule has 0 bridgehead atoms. The zero-order valence-corrected chi connectivity index (χ0v) is 20.6. The SMILES string of the molecule is Cc1csc(-c2coc3cc(OC(=O)C(NC(=O)OC(C)(C)C)C(C)C)cc(C)c3c2=O)n1. The number of aromatic nitrogens is 1. The largest absolute Gasteiger partial charge is 0.463 e. The number of hydrogen-bond acceptors (Lipinski definition) is 8. The van der Waals surface area contributed by atoms with Crippen LogP contribution in [0.2, 0.25) is 0 Å². The number of rotatable bonds is 5. The predicted molar refractivity (Wildman–Crippen MR) is 127 cm³/mol. The van der Waals surface area contributed by atoms with E-state index in [1.807, 2.05) is 12.3 Å². The van der Waals surface area contributed by atoms with Gasteiger partial charge in [0, 0.05) is 17.1 Å². The number of hydrogen-bond donors (Lipinski definition) is 1. The minimum Gasteiger partial charge on any atom is -0.463 e. The lowest BCUT2D eigenvalue weighted by molar-refractivity contribution is -0.137. The van der Waals surface area contributed by atoms with E-state index < -0.39 is 23.7 Å². The second-order valence-electron chi connectivity index (χ2n) is 9.17. The van der Waals surface area contributed by atoms with Gasteiger partial charge in [0.1, 0.15) is 34.2 Å². The fourth-order valence-corrected chi connectivity index (χ4v) is 4.01. The summed E-state index contributed by atoms with van der Waals surface area (Å²) >= 11 is 1.37. The Hall–Kier alpha value is -3.20. The molecule has 2 heterocycles. The first kappa shape index (κ1) is 24.4. The molecule has 2 aromatic heterocycles. The minimum atomic E-state index is -0.918. The zero-order chi connectivity index (χ0) is 24.5. The van der Waals surface area contributed by atoms with Crippen molar-refractivity contribution in [3.8, 4) is 16.3 Å². The van der Waals surface area contributed by atoms with Crippen molar-refractivity contribution in [3.63, 3.8) is 0 Å². The van der Waals surface area contributed by atoms with E-state index in [9.17, 15) is 14.4 Å². The second kappa shape index (κ2) is 9.35. The highest BCUT2D eigenvalue weighted by Gasteiger charge is 2.29. The lowest BCUT2D eigenvalue weighted by atomic mass is 10.0. The van der Waals surface area contributed by atoms with Crippen molar-refractivity contribution in [3.05, 3.63) is 45.3 Å². The normalized spacial score (nSPS) is 12.6. The van der Waals surface area contributed by atoms with Gasteiger partial charge in [0.15, 0.2) is 0 Å². The smallest absolute Gasteiger partial charge is 0.408 e. The van der Waals surface area contributed by atoms with Gasteiger partial charge >= 0.3 is 12.1 Å². The van der Waals surface area contributed by atoms with Crippen LogP contribution in [0.4, 0.5) is 4.79 Å². The number of carbonyl (C=O) groups excluding carboxylic acids is 2. The molecule has 0 fully saturated rings. The Bertz CT molecular complexity index is 1250. The van der Waals surface area contributed by atoms with Crippen molar-refractivity contribution >= 4 is 34.4 Å². The first-order valence-corrected chi connectivity index (χ1v) is 11.4. The average molecular weight is 473 g/mol. The second-order valence-corrected chi connectivity index (χ2v) is 10.0. The van der Waals surface area contributed by atoms with Crippen LogP contribution in [-0.4, -0.2) is 28.7 Å². The third kappa shape index (κ3) is 5.78. The molecule has 1 unspecified atom stereocenters. The van der Waals surface area contributed by atoms with E-state index in [0.29, 0.717) is 27.1 Å². The molecular weight excluding hydrogens is 444 g/mol. The van der Waals surface area contributed by atoms with Crippen molar-refractivity contribution in [1.29, 1.82) is 0 Å². The maximum absolute atomic E-state index is 13.1. The van der Waals surface area contributed by atoms with Gasteiger partial charge < -0.3 is 19.2 Å². The molecule has 1 aromatic carbocycles. The number of aryl methyl sites for hydroxylation is 2. The van der Waals surface area contributed by atoms with E-state index in [1.54, 1.807) is 47.6 Å². The maximum atomic E-state index is 13.1. The average Bonchev–Trinajstić information content (AvgIpc) is 3.10. The van der Waals surface area contributed by atoms with Crippen molar-refractivity contribution in [2.75, 3.05) is 0 Å². The van der Waals surface area contributed by atoms with Crippen molar-refractivity contribution in [2.24, 2.45) is 5.92 Å². The van der Waals surface area contributed by atoms with Crippen LogP contribution < -0.4 is 15.5 Å². The molecule has 1 amide bonds. The molecule has 176 valence electrons. The number of esters is 1. The van der Waals surface area contributed by atoms with Gasteiger partial charge in [0.2, 0.25) is 5.43 Å². The van der Waals surface area contributed by atoms with Gasteiger partial charge in [0.05, 0.1) is 10.9 Å². The van der Waals surface area contributed by atoms with E-state index >= 15 is 0 Å². The van der Waals surface area contributed by atoms with Crippen LogP contribution in [-0.2, 0) is 9.53 Å². The van der Waals surface area contributed by atoms with Gasteiger partial charge in [-0.3, -0.25) is 4.79 Å². The van der Waals surface area contributed by atoms with Gasteiger partial charge in [-0.05, 0) is 52.2 Å². The van der Waals surface area contributed by atoms with Crippen LogP contribution >= 0.6 is 11.3 Å². The van der Waals surface area contributed by atoms with Crippen LogP contribution in [0.15, 0.2) is 33.0 Å². The molecule has 3 aromatic rings. The highest BCUT2D eigenvalue weighted by molar-refractivity contribution is 7.13. The first-order chi connectivity index (χ1) is 15.4. The Morgan fingerprint density at radius 1 is 1.18 bits per heavy atom. The standard InChI is InChI=1S/C24H28N2O6S/c1-12(2)19(26-23(29)32-24(5,6)7)22(28)31-15-8-13(3)18-17(9-15)30-10-16(20(18)27)21-25-14(4)11-33-21/h8-12,19H,1-7H3,(H,26,29). The third-order valence-electron chi connectivity index (χ3n) is 4.71. The number of nitrogens with one attached hydrogen (secondary N) is 1. The molecule has 0 saturated carbocycles. The molecule has 0 aliphatic rings. The molecule has 3 rings (SSSR count). The van der Waals surface area contributed by atoms with Crippen molar-refractivity contribution in [1.82, 2.24) is 10.3 Å². The van der Waals surface area contributed by atoms with Gasteiger partial charge in [-0.2, -0.15) is 0 Å². The highest BCUT2D eigenvalue weighted by atomic mass is 32.1. The minimum absolute atomic E-state index is 0.201. The number of fused-ring (bicyclic) bond motifs is 1. The Morgan fingerprint density at radius 3 is 2.45 bits per heavy atom. The number of carbonyl (C=O) groups is 2. The Morgan fingerprint density at radius 2 is 1.88 bits per heavy atom. The summed E-state index contributed by atoms with van der Waals surface area (Å²) in [4.78, 5) is 42.4. The number of amides is 1. The molecule has 0 radical (unpaired) electrons. The summed E-state index contributed by atoms with van der Waals surface area (Å²) in [7, 11) is 0. The lowest BCUT2D eigenvalue weighted by Gasteiger charge is -2.24. The summed E-state index contributed by atoms with van der Waals surface area (Å²) in [6.07, 6.45) is 0.665. The van der Waals surface area contributed by atoms with E-state index in [4.69, 9.17) is 13.9 Å². The molecule has 0 aliphatic carbocycles.